The largest absolute Gasteiger partial charge is 0.465 e. The maximum absolute atomic E-state index is 11.2. The summed E-state index contributed by atoms with van der Waals surface area (Å²) in [6, 6.07) is 6.51. The van der Waals surface area contributed by atoms with Crippen molar-refractivity contribution in [2.45, 2.75) is 18.4 Å². The minimum atomic E-state index is -1.06. The number of amidine groups is 1. The van der Waals surface area contributed by atoms with E-state index in [4.69, 9.17) is 5.11 Å². The zero-order valence-electron chi connectivity index (χ0n) is 11.9. The summed E-state index contributed by atoms with van der Waals surface area (Å²) < 4.78 is 0. The summed E-state index contributed by atoms with van der Waals surface area (Å²) in [5.41, 5.74) is 0.331. The van der Waals surface area contributed by atoms with Gasteiger partial charge in [0.2, 0.25) is 0 Å². The number of fused-ring (bicyclic) bond motifs is 1. The molecule has 2 unspecified atom stereocenters. The van der Waals surface area contributed by atoms with E-state index < -0.39 is 16.6 Å². The summed E-state index contributed by atoms with van der Waals surface area (Å²) >= 11 is 1.42. The van der Waals surface area contributed by atoms with Crippen molar-refractivity contribution in [3.05, 3.63) is 39.9 Å². The number of benzene rings is 1. The minimum absolute atomic E-state index is 0.0396. The lowest BCUT2D eigenvalue weighted by molar-refractivity contribution is -0.384. The first-order valence-electron chi connectivity index (χ1n) is 6.88. The maximum Gasteiger partial charge on any atom is 0.413 e. The highest BCUT2D eigenvalue weighted by Gasteiger charge is 2.57. The standard InChI is InChI=1S/C14H15N3O4S/c1-16(13(18)19)12-15-14(8-10(14)5-6-22-12)9-3-2-4-11(7-9)17(20)21/h2-4,7,10H,5-6,8H2,1H3,(H,18,19). The van der Waals surface area contributed by atoms with Gasteiger partial charge in [-0.15, -0.1) is 0 Å². The van der Waals surface area contributed by atoms with Crippen molar-refractivity contribution >= 4 is 28.7 Å². The highest BCUT2D eigenvalue weighted by molar-refractivity contribution is 8.13. The molecular formula is C14H15N3O4S. The Balaban J connectivity index is 2.01. The predicted molar refractivity (Wildman–Crippen MR) is 83.2 cm³/mol. The molecule has 116 valence electrons. The van der Waals surface area contributed by atoms with E-state index in [0.717, 1.165) is 29.1 Å². The number of aliphatic imine (C=N–C) groups is 1. The van der Waals surface area contributed by atoms with Crippen molar-refractivity contribution < 1.29 is 14.8 Å². The predicted octanol–water partition coefficient (Wildman–Crippen LogP) is 2.91. The van der Waals surface area contributed by atoms with Crippen molar-refractivity contribution in [3.63, 3.8) is 0 Å². The molecule has 1 heterocycles. The molecule has 1 saturated carbocycles. The molecule has 0 radical (unpaired) electrons. The van der Waals surface area contributed by atoms with E-state index in [1.54, 1.807) is 12.1 Å². The van der Waals surface area contributed by atoms with Gasteiger partial charge in [-0.05, 0) is 24.3 Å². The van der Waals surface area contributed by atoms with Gasteiger partial charge in [-0.2, -0.15) is 0 Å². The smallest absolute Gasteiger partial charge is 0.413 e. The fourth-order valence-electron chi connectivity index (χ4n) is 2.85. The molecule has 22 heavy (non-hydrogen) atoms. The molecule has 1 amide bonds. The van der Waals surface area contributed by atoms with Crippen LogP contribution in [0.3, 0.4) is 0 Å². The first-order valence-corrected chi connectivity index (χ1v) is 7.87. The topological polar surface area (TPSA) is 96.0 Å². The summed E-state index contributed by atoms with van der Waals surface area (Å²) in [4.78, 5) is 27.5. The Morgan fingerprint density at radius 3 is 3.05 bits per heavy atom. The van der Waals surface area contributed by atoms with Gasteiger partial charge >= 0.3 is 6.09 Å². The molecule has 1 N–H and O–H groups in total. The summed E-state index contributed by atoms with van der Waals surface area (Å²) in [6.07, 6.45) is 0.680. The van der Waals surface area contributed by atoms with Crippen molar-refractivity contribution in [1.29, 1.82) is 0 Å². The van der Waals surface area contributed by atoms with Crippen LogP contribution in [0.15, 0.2) is 29.3 Å². The number of nitrogens with zero attached hydrogens (tertiary/aromatic N) is 3. The second kappa shape index (κ2) is 5.28. The monoisotopic (exact) mass is 321 g/mol. The molecular weight excluding hydrogens is 306 g/mol. The highest BCUT2D eigenvalue weighted by Crippen LogP contribution is 2.59. The van der Waals surface area contributed by atoms with Gasteiger partial charge in [-0.25, -0.2) is 4.79 Å². The lowest BCUT2D eigenvalue weighted by Gasteiger charge is -2.18. The van der Waals surface area contributed by atoms with Gasteiger partial charge < -0.3 is 5.11 Å². The number of amides is 1. The van der Waals surface area contributed by atoms with E-state index in [2.05, 4.69) is 4.99 Å². The van der Waals surface area contributed by atoms with Gasteiger partial charge in [0.05, 0.1) is 10.5 Å². The summed E-state index contributed by atoms with van der Waals surface area (Å²) in [5.74, 6) is 1.12. The molecule has 2 aliphatic rings. The Morgan fingerprint density at radius 2 is 2.36 bits per heavy atom. The quantitative estimate of drug-likeness (QED) is 0.667. The van der Waals surface area contributed by atoms with Crippen molar-refractivity contribution in [2.24, 2.45) is 10.9 Å². The zero-order chi connectivity index (χ0) is 15.9. The van der Waals surface area contributed by atoms with Crippen LogP contribution in [0.2, 0.25) is 0 Å². The van der Waals surface area contributed by atoms with E-state index in [0.29, 0.717) is 11.1 Å². The fourth-order valence-corrected chi connectivity index (χ4v) is 3.93. The molecule has 0 saturated heterocycles. The molecule has 1 aromatic rings. The average molecular weight is 321 g/mol. The number of hydrogen-bond donors (Lipinski definition) is 1. The van der Waals surface area contributed by atoms with Gasteiger partial charge in [-0.1, -0.05) is 23.9 Å². The Kier molecular flexibility index (Phi) is 3.56. The summed E-state index contributed by atoms with van der Waals surface area (Å²) in [5, 5.41) is 20.6. The first kappa shape index (κ1) is 14.8. The Hall–Kier alpha value is -2.09. The molecule has 2 atom stereocenters. The van der Waals surface area contributed by atoms with E-state index in [1.165, 1.54) is 24.9 Å². The molecule has 0 spiro atoms. The molecule has 1 aliphatic carbocycles. The number of rotatable bonds is 2. The van der Waals surface area contributed by atoms with Crippen LogP contribution in [0.5, 0.6) is 0 Å². The number of carbonyl (C=O) groups is 1. The first-order chi connectivity index (χ1) is 10.4. The maximum atomic E-state index is 11.2. The molecule has 8 heteroatoms. The lowest BCUT2D eigenvalue weighted by Crippen LogP contribution is -2.30. The van der Waals surface area contributed by atoms with Gasteiger partial charge in [0, 0.05) is 24.9 Å². The van der Waals surface area contributed by atoms with Crippen molar-refractivity contribution in [2.75, 3.05) is 12.8 Å². The van der Waals surface area contributed by atoms with Gasteiger partial charge in [0.1, 0.15) is 0 Å². The molecule has 7 nitrogen and oxygen atoms in total. The Morgan fingerprint density at radius 1 is 1.59 bits per heavy atom. The minimum Gasteiger partial charge on any atom is -0.465 e. The van der Waals surface area contributed by atoms with Crippen LogP contribution in [0, 0.1) is 16.0 Å². The summed E-state index contributed by atoms with van der Waals surface area (Å²) in [7, 11) is 1.47. The van der Waals surface area contributed by atoms with Crippen LogP contribution in [-0.2, 0) is 5.54 Å². The third-order valence-electron chi connectivity index (χ3n) is 4.20. The molecule has 3 rings (SSSR count). The van der Waals surface area contributed by atoms with Crippen molar-refractivity contribution in [1.82, 2.24) is 4.90 Å². The van der Waals surface area contributed by atoms with Gasteiger partial charge in [0.15, 0.2) is 5.17 Å². The van der Waals surface area contributed by atoms with E-state index >= 15 is 0 Å². The highest BCUT2D eigenvalue weighted by atomic mass is 32.2. The third kappa shape index (κ3) is 2.43. The van der Waals surface area contributed by atoms with Gasteiger partial charge in [-0.3, -0.25) is 20.0 Å². The van der Waals surface area contributed by atoms with Crippen molar-refractivity contribution in [3.8, 4) is 0 Å². The van der Waals surface area contributed by atoms with Crippen LogP contribution in [-0.4, -0.2) is 39.0 Å². The molecule has 0 aromatic heterocycles. The zero-order valence-corrected chi connectivity index (χ0v) is 12.7. The van der Waals surface area contributed by atoms with E-state index in [9.17, 15) is 14.9 Å². The molecule has 0 bridgehead atoms. The Labute approximate surface area is 131 Å². The number of nitro benzene ring substituents is 1. The number of hydrogen-bond acceptors (Lipinski definition) is 5. The van der Waals surface area contributed by atoms with Gasteiger partial charge in [0.25, 0.3) is 5.69 Å². The molecule has 1 fully saturated rings. The van der Waals surface area contributed by atoms with E-state index in [1.807, 2.05) is 6.07 Å². The lowest BCUT2D eigenvalue weighted by atomic mass is 10.0. The van der Waals surface area contributed by atoms with Crippen LogP contribution in [0.4, 0.5) is 10.5 Å². The normalized spacial score (nSPS) is 26.4. The van der Waals surface area contributed by atoms with Crippen LogP contribution < -0.4 is 0 Å². The third-order valence-corrected chi connectivity index (χ3v) is 5.26. The summed E-state index contributed by atoms with van der Waals surface area (Å²) in [6.45, 7) is 0. The average Bonchev–Trinajstić information content (AvgIpc) is 3.20. The second-order valence-corrected chi connectivity index (χ2v) is 6.57. The Bertz CT molecular complexity index is 678. The van der Waals surface area contributed by atoms with Crippen LogP contribution in [0.25, 0.3) is 0 Å². The second-order valence-electron chi connectivity index (χ2n) is 5.51. The molecule has 1 aromatic carbocycles. The number of nitro groups is 1. The molecule has 1 aliphatic heterocycles. The fraction of sp³-hybridized carbons (Fsp3) is 0.429. The van der Waals surface area contributed by atoms with E-state index in [-0.39, 0.29) is 5.69 Å². The SMILES string of the molecule is CN(C(=O)O)C1=NC2(c3cccc([N+](=O)[O-])c3)CC2CCS1. The number of non-ortho nitro benzene ring substituents is 1. The van der Waals surface area contributed by atoms with Crippen LogP contribution in [0.1, 0.15) is 18.4 Å². The van der Waals surface area contributed by atoms with Crippen LogP contribution >= 0.6 is 11.8 Å². The number of carboxylic acid groups (broad SMARTS) is 1. The number of thioether (sulfide) groups is 1.